The summed E-state index contributed by atoms with van der Waals surface area (Å²) in [7, 11) is 0. The number of hydrogen-bond donors (Lipinski definition) is 0. The number of hydrogen-bond acceptors (Lipinski definition) is 5. The van der Waals surface area contributed by atoms with Gasteiger partial charge in [0, 0.05) is 40.5 Å². The molecule has 0 saturated heterocycles. The minimum atomic E-state index is -0.238. The Morgan fingerprint density at radius 3 is 1.66 bits per heavy atom. The molecule has 10 rings (SSSR count). The van der Waals surface area contributed by atoms with Crippen molar-refractivity contribution in [1.29, 1.82) is 0 Å². The Labute approximate surface area is 387 Å². The van der Waals surface area contributed by atoms with Crippen LogP contribution < -0.4 is 35.9 Å². The lowest BCUT2D eigenvalue weighted by molar-refractivity contribution is 0.297. The van der Waals surface area contributed by atoms with Gasteiger partial charge in [0.2, 0.25) is 0 Å². The zero-order valence-corrected chi connectivity index (χ0v) is 41.1. The van der Waals surface area contributed by atoms with Gasteiger partial charge in [0.05, 0.1) is 35.9 Å². The Hall–Kier alpha value is -5.88. The van der Waals surface area contributed by atoms with E-state index >= 15 is 0 Å². The molecule has 332 valence electrons. The van der Waals surface area contributed by atoms with E-state index in [1.807, 2.05) is 0 Å². The van der Waals surface area contributed by atoms with Crippen molar-refractivity contribution in [3.63, 3.8) is 0 Å². The Balaban J connectivity index is 1.38. The summed E-state index contributed by atoms with van der Waals surface area (Å²) in [6.07, 6.45) is 0.823. The summed E-state index contributed by atoms with van der Waals surface area (Å²) in [4.78, 5) is 5.12. The number of rotatable bonds is 3. The van der Waals surface area contributed by atoms with Gasteiger partial charge in [-0.2, -0.15) is 0 Å². The molecular formula is C59H65BN2O3. The molecule has 3 aliphatic rings. The molecule has 5 nitrogen and oxygen atoms in total. The van der Waals surface area contributed by atoms with Crippen LogP contribution in [0.1, 0.15) is 123 Å². The normalized spacial score (nSPS) is 14.9. The number of fused-ring (bicyclic) bond motifs is 7. The molecule has 6 aromatic carbocycles. The zero-order valence-electron chi connectivity index (χ0n) is 41.1. The molecule has 0 N–H and O–H groups in total. The number of benzene rings is 6. The molecule has 0 radical (unpaired) electrons. The van der Waals surface area contributed by atoms with Gasteiger partial charge in [0.15, 0.2) is 11.5 Å². The van der Waals surface area contributed by atoms with Crippen molar-refractivity contribution in [1.82, 2.24) is 0 Å². The van der Waals surface area contributed by atoms with E-state index in [0.717, 1.165) is 62.8 Å². The summed E-state index contributed by atoms with van der Waals surface area (Å²) in [5.41, 5.74) is 20.7. The second kappa shape index (κ2) is 14.8. The van der Waals surface area contributed by atoms with Crippen LogP contribution in [0.2, 0.25) is 0 Å². The van der Waals surface area contributed by atoms with Crippen molar-refractivity contribution in [3.8, 4) is 22.6 Å². The summed E-state index contributed by atoms with van der Waals surface area (Å²) in [6.45, 7) is 33.3. The van der Waals surface area contributed by atoms with Crippen molar-refractivity contribution in [2.24, 2.45) is 0 Å². The number of aryl methyl sites for hydroxylation is 2. The quantitative estimate of drug-likeness (QED) is 0.166. The van der Waals surface area contributed by atoms with E-state index in [1.54, 1.807) is 0 Å². The first kappa shape index (κ1) is 43.0. The third-order valence-corrected chi connectivity index (χ3v) is 14.0. The van der Waals surface area contributed by atoms with Crippen LogP contribution in [0.15, 0.2) is 108 Å². The summed E-state index contributed by atoms with van der Waals surface area (Å²) < 4.78 is 20.5. The predicted octanol–water partition coefficient (Wildman–Crippen LogP) is 14.2. The van der Waals surface area contributed by atoms with Crippen LogP contribution in [0.25, 0.3) is 22.1 Å². The maximum absolute atomic E-state index is 7.39. The zero-order chi connectivity index (χ0) is 46.1. The molecule has 7 aromatic rings. The first-order valence-electron chi connectivity index (χ1n) is 23.7. The third kappa shape index (κ3) is 7.14. The van der Waals surface area contributed by atoms with Crippen LogP contribution in [0.5, 0.6) is 11.5 Å². The fraction of sp³-hybridized carbons (Fsp3) is 0.356. The van der Waals surface area contributed by atoms with Crippen LogP contribution >= 0.6 is 0 Å². The van der Waals surface area contributed by atoms with Crippen LogP contribution in [0.4, 0.5) is 34.1 Å². The second-order valence-electron chi connectivity index (χ2n) is 23.0. The fourth-order valence-electron chi connectivity index (χ4n) is 10.3. The van der Waals surface area contributed by atoms with E-state index in [2.05, 4.69) is 210 Å². The highest BCUT2D eigenvalue weighted by Gasteiger charge is 2.49. The van der Waals surface area contributed by atoms with E-state index in [9.17, 15) is 0 Å². The molecule has 0 atom stereocenters. The minimum absolute atomic E-state index is 0.00547. The first-order valence-corrected chi connectivity index (χ1v) is 23.7. The van der Waals surface area contributed by atoms with Gasteiger partial charge in [-0.15, -0.1) is 0 Å². The topological polar surface area (TPSA) is 38.1 Å². The SMILES string of the molecule is Cc1cc(C(C)(C)C)cc(C)c1N1c2cc(C(C)(C)C)cc3c2B(c2cc4c(cc2N3c2ccc(C(C)(C)C)cc2-c2ccccc2)OCCCO4)c2oc3ccc(C(C)(C)C)cc3c21. The molecule has 0 saturated carbocycles. The Morgan fingerprint density at radius 2 is 1.05 bits per heavy atom. The van der Waals surface area contributed by atoms with Gasteiger partial charge in [0.25, 0.3) is 6.71 Å². The van der Waals surface area contributed by atoms with Crippen molar-refractivity contribution in [3.05, 3.63) is 137 Å². The highest BCUT2D eigenvalue weighted by molar-refractivity contribution is 7.00. The molecular weight excluding hydrogens is 795 g/mol. The first-order chi connectivity index (χ1) is 30.6. The highest BCUT2D eigenvalue weighted by Crippen LogP contribution is 2.53. The molecule has 0 amide bonds. The number of ether oxygens (including phenoxy) is 2. The van der Waals surface area contributed by atoms with Gasteiger partial charge in [-0.1, -0.05) is 138 Å². The summed E-state index contributed by atoms with van der Waals surface area (Å²) in [5.74, 6) is 1.56. The van der Waals surface area contributed by atoms with E-state index in [4.69, 9.17) is 13.9 Å². The van der Waals surface area contributed by atoms with Gasteiger partial charge in [0.1, 0.15) is 5.58 Å². The average Bonchev–Trinajstić information content (AvgIpc) is 3.45. The molecule has 65 heavy (non-hydrogen) atoms. The van der Waals surface area contributed by atoms with E-state index < -0.39 is 0 Å². The number of nitrogens with zero attached hydrogens (tertiary/aromatic N) is 2. The standard InChI is InChI=1S/C59H65BN2O3/c1-35-27-40(58(9,10)11)28-36(2)53(35)62-48-32-41(59(12,13)14)31-47-52(48)60(55-54(62)43-30-39(57(6,7)8)22-24-49(43)65-55)44-33-50-51(64-26-18-25-63-50)34-46(44)61(47)45-23-21-38(56(3,4)5)29-42(45)37-19-16-15-17-20-37/h15-17,19-24,27-34H,18,25-26H2,1-14H3. The maximum atomic E-state index is 7.39. The summed E-state index contributed by atoms with van der Waals surface area (Å²) >= 11 is 0. The number of furan rings is 1. The minimum Gasteiger partial charge on any atom is -0.490 e. The molecule has 0 aliphatic carbocycles. The van der Waals surface area contributed by atoms with Gasteiger partial charge >= 0.3 is 0 Å². The molecule has 0 fully saturated rings. The van der Waals surface area contributed by atoms with Gasteiger partial charge in [-0.05, 0) is 128 Å². The Bertz CT molecular complexity index is 3020. The smallest absolute Gasteiger partial charge is 0.297 e. The van der Waals surface area contributed by atoms with E-state index in [-0.39, 0.29) is 28.4 Å². The van der Waals surface area contributed by atoms with Crippen molar-refractivity contribution >= 4 is 68.4 Å². The van der Waals surface area contributed by atoms with Crippen LogP contribution in [0.3, 0.4) is 0 Å². The highest BCUT2D eigenvalue weighted by atomic mass is 16.5. The van der Waals surface area contributed by atoms with Crippen LogP contribution in [-0.2, 0) is 21.7 Å². The maximum Gasteiger partial charge on any atom is 0.297 e. The van der Waals surface area contributed by atoms with Crippen molar-refractivity contribution in [2.75, 3.05) is 23.0 Å². The average molecular weight is 861 g/mol. The van der Waals surface area contributed by atoms with E-state index in [0.29, 0.717) is 13.2 Å². The number of anilines is 6. The van der Waals surface area contributed by atoms with Gasteiger partial charge in [-0.25, -0.2) is 0 Å². The van der Waals surface area contributed by atoms with E-state index in [1.165, 1.54) is 61.3 Å². The molecule has 3 aliphatic heterocycles. The molecule has 0 bridgehead atoms. The molecule has 0 unspecified atom stereocenters. The van der Waals surface area contributed by atoms with Crippen molar-refractivity contribution < 1.29 is 13.9 Å². The van der Waals surface area contributed by atoms with Gasteiger partial charge < -0.3 is 23.7 Å². The lowest BCUT2D eigenvalue weighted by atomic mass is 9.35. The fourth-order valence-corrected chi connectivity index (χ4v) is 10.3. The largest absolute Gasteiger partial charge is 0.490 e. The monoisotopic (exact) mass is 861 g/mol. The molecule has 4 heterocycles. The molecule has 1 aromatic heterocycles. The second-order valence-corrected chi connectivity index (χ2v) is 23.0. The van der Waals surface area contributed by atoms with Crippen LogP contribution in [0, 0.1) is 13.8 Å². The molecule has 0 spiro atoms. The lowest BCUT2D eigenvalue weighted by Gasteiger charge is -2.44. The Morgan fingerprint density at radius 1 is 0.492 bits per heavy atom. The molecule has 6 heteroatoms. The lowest BCUT2D eigenvalue weighted by Crippen LogP contribution is -2.61. The van der Waals surface area contributed by atoms with Crippen LogP contribution in [-0.4, -0.2) is 19.9 Å². The van der Waals surface area contributed by atoms with Gasteiger partial charge in [-0.3, -0.25) is 0 Å². The van der Waals surface area contributed by atoms with Crippen molar-refractivity contribution in [2.45, 2.75) is 125 Å². The predicted molar refractivity (Wildman–Crippen MR) is 276 cm³/mol. The Kier molecular flexibility index (Phi) is 9.81. The third-order valence-electron chi connectivity index (χ3n) is 14.0. The summed E-state index contributed by atoms with van der Waals surface area (Å²) in [5, 5.41) is 1.13. The summed E-state index contributed by atoms with van der Waals surface area (Å²) in [6, 6.07) is 39.1.